The van der Waals surface area contributed by atoms with Crippen LogP contribution in [0.2, 0.25) is 0 Å². The number of aromatic nitrogens is 2. The van der Waals surface area contributed by atoms with Crippen molar-refractivity contribution in [2.45, 2.75) is 45.1 Å². The summed E-state index contributed by atoms with van der Waals surface area (Å²) in [5.41, 5.74) is -0.291. The van der Waals surface area contributed by atoms with Crippen molar-refractivity contribution in [2.75, 3.05) is 31.1 Å². The molecule has 1 amide bonds. The number of amides is 1. The summed E-state index contributed by atoms with van der Waals surface area (Å²) >= 11 is 0. The van der Waals surface area contributed by atoms with Gasteiger partial charge in [0.15, 0.2) is 11.6 Å². The van der Waals surface area contributed by atoms with Crippen molar-refractivity contribution in [3.05, 3.63) is 42.1 Å². The fourth-order valence-electron chi connectivity index (χ4n) is 4.57. The van der Waals surface area contributed by atoms with Crippen LogP contribution in [0, 0.1) is 11.2 Å². The third-order valence-corrected chi connectivity index (χ3v) is 6.35. The minimum atomic E-state index is -0.875. The normalized spacial score (nSPS) is 20.9. The van der Waals surface area contributed by atoms with Crippen LogP contribution < -0.4 is 9.64 Å². The van der Waals surface area contributed by atoms with Crippen molar-refractivity contribution in [2.24, 2.45) is 5.41 Å². The smallest absolute Gasteiger partial charge is 0.407 e. The quantitative estimate of drug-likeness (QED) is 0.701. The highest BCUT2D eigenvalue weighted by atomic mass is 19.1. The van der Waals surface area contributed by atoms with Crippen LogP contribution >= 0.6 is 0 Å². The van der Waals surface area contributed by atoms with Crippen LogP contribution in [0.4, 0.5) is 15.0 Å². The van der Waals surface area contributed by atoms with E-state index in [1.807, 2.05) is 0 Å². The van der Waals surface area contributed by atoms with E-state index in [1.165, 1.54) is 23.4 Å². The lowest BCUT2D eigenvalue weighted by molar-refractivity contribution is 0.0712. The molecule has 0 saturated carbocycles. The molecule has 9 heteroatoms. The number of carboxylic acid groups (broad SMARTS) is 1. The van der Waals surface area contributed by atoms with Gasteiger partial charge in [-0.25, -0.2) is 19.2 Å². The van der Waals surface area contributed by atoms with Crippen LogP contribution in [0.25, 0.3) is 0 Å². The van der Waals surface area contributed by atoms with E-state index in [0.29, 0.717) is 55.4 Å². The number of aliphatic hydroxyl groups is 1. The van der Waals surface area contributed by atoms with Gasteiger partial charge in [0.1, 0.15) is 17.9 Å². The summed E-state index contributed by atoms with van der Waals surface area (Å²) in [6.07, 6.45) is 4.81. The molecule has 1 spiro atoms. The second-order valence-corrected chi connectivity index (χ2v) is 9.50. The summed E-state index contributed by atoms with van der Waals surface area (Å²) in [5.74, 6) is 1.24. The van der Waals surface area contributed by atoms with E-state index in [-0.39, 0.29) is 11.2 Å². The van der Waals surface area contributed by atoms with Crippen molar-refractivity contribution in [3.8, 4) is 11.5 Å². The molecule has 4 rings (SSSR count). The number of ether oxygens (including phenoxy) is 1. The maximum Gasteiger partial charge on any atom is 0.407 e. The molecule has 2 saturated heterocycles. The predicted molar refractivity (Wildman–Crippen MR) is 117 cm³/mol. The maximum atomic E-state index is 13.9. The first-order valence-corrected chi connectivity index (χ1v) is 10.9. The van der Waals surface area contributed by atoms with Crippen molar-refractivity contribution >= 4 is 11.9 Å². The molecule has 1 aromatic heterocycles. The molecule has 2 fully saturated rings. The molecule has 0 aliphatic carbocycles. The lowest BCUT2D eigenvalue weighted by atomic mass is 9.86. The van der Waals surface area contributed by atoms with Gasteiger partial charge in [0, 0.05) is 31.6 Å². The van der Waals surface area contributed by atoms with E-state index in [1.54, 1.807) is 26.1 Å². The Labute approximate surface area is 186 Å². The number of nitrogens with zero attached hydrogens (tertiary/aromatic N) is 4. The van der Waals surface area contributed by atoms with Gasteiger partial charge in [0.25, 0.3) is 0 Å². The number of hydrogen-bond donors (Lipinski definition) is 2. The van der Waals surface area contributed by atoms with Gasteiger partial charge in [-0.05, 0) is 63.3 Å². The number of aryl methyl sites for hydroxylation is 1. The largest absolute Gasteiger partial charge is 0.465 e. The molecule has 3 heterocycles. The van der Waals surface area contributed by atoms with Gasteiger partial charge in [-0.15, -0.1) is 0 Å². The Hall–Kier alpha value is -2.94. The molecule has 2 aromatic rings. The molecule has 2 N–H and O–H groups in total. The molecule has 0 bridgehead atoms. The first kappa shape index (κ1) is 22.3. The Balaban J connectivity index is 1.54. The van der Waals surface area contributed by atoms with Gasteiger partial charge in [0.2, 0.25) is 0 Å². The average molecular weight is 445 g/mol. The standard InChI is InChI=1S/C23H29FN4O4/c1-22(2,31)6-5-16-11-17(24)3-4-18(16)32-19-12-25-15-26-20(19)27-9-7-23(13-27)8-10-28(14-23)21(29)30/h3-4,11-12,15,31H,5-10,13-14H2,1-2H3,(H,29,30). The molecule has 1 atom stereocenters. The Bertz CT molecular complexity index is 996. The Morgan fingerprint density at radius 1 is 1.25 bits per heavy atom. The number of anilines is 1. The molecule has 8 nitrogen and oxygen atoms in total. The molecule has 0 radical (unpaired) electrons. The highest BCUT2D eigenvalue weighted by molar-refractivity contribution is 5.65. The Kier molecular flexibility index (Phi) is 5.94. The lowest BCUT2D eigenvalue weighted by Crippen LogP contribution is -2.33. The third-order valence-electron chi connectivity index (χ3n) is 6.35. The van der Waals surface area contributed by atoms with Crippen LogP contribution in [-0.4, -0.2) is 63.0 Å². The van der Waals surface area contributed by atoms with Gasteiger partial charge in [-0.1, -0.05) is 0 Å². The number of hydrogen-bond acceptors (Lipinski definition) is 6. The van der Waals surface area contributed by atoms with Gasteiger partial charge in [0.05, 0.1) is 11.8 Å². The van der Waals surface area contributed by atoms with Crippen LogP contribution in [0.5, 0.6) is 11.5 Å². The second kappa shape index (κ2) is 8.54. The van der Waals surface area contributed by atoms with E-state index in [9.17, 15) is 19.4 Å². The van der Waals surface area contributed by atoms with Crippen LogP contribution in [0.15, 0.2) is 30.7 Å². The van der Waals surface area contributed by atoms with Crippen LogP contribution in [0.3, 0.4) is 0 Å². The van der Waals surface area contributed by atoms with E-state index >= 15 is 0 Å². The van der Waals surface area contributed by atoms with E-state index in [0.717, 1.165) is 19.4 Å². The number of benzene rings is 1. The van der Waals surface area contributed by atoms with Gasteiger partial charge < -0.3 is 24.7 Å². The zero-order valence-electron chi connectivity index (χ0n) is 18.4. The molecule has 2 aliphatic heterocycles. The molecule has 2 aliphatic rings. The summed E-state index contributed by atoms with van der Waals surface area (Å²) in [7, 11) is 0. The topological polar surface area (TPSA) is 99.0 Å². The number of rotatable bonds is 6. The summed E-state index contributed by atoms with van der Waals surface area (Å²) in [6, 6.07) is 4.35. The molecular formula is C23H29FN4O4. The number of carbonyl (C=O) groups is 1. The Morgan fingerprint density at radius 3 is 2.75 bits per heavy atom. The van der Waals surface area contributed by atoms with Crippen molar-refractivity contribution in [3.63, 3.8) is 0 Å². The van der Waals surface area contributed by atoms with Crippen molar-refractivity contribution in [1.29, 1.82) is 0 Å². The lowest BCUT2D eigenvalue weighted by Gasteiger charge is -2.25. The van der Waals surface area contributed by atoms with Gasteiger partial charge in [-0.3, -0.25) is 0 Å². The monoisotopic (exact) mass is 444 g/mol. The number of halogens is 1. The molecule has 1 unspecified atom stereocenters. The number of likely N-dealkylation sites (tertiary alicyclic amines) is 1. The molecule has 1 aromatic carbocycles. The molecule has 32 heavy (non-hydrogen) atoms. The molecule has 172 valence electrons. The summed E-state index contributed by atoms with van der Waals surface area (Å²) in [4.78, 5) is 23.5. The van der Waals surface area contributed by atoms with Crippen LogP contribution in [-0.2, 0) is 6.42 Å². The highest BCUT2D eigenvalue weighted by Crippen LogP contribution is 2.43. The maximum absolute atomic E-state index is 13.9. The minimum absolute atomic E-state index is 0.0750. The van der Waals surface area contributed by atoms with Gasteiger partial charge >= 0.3 is 6.09 Å². The zero-order chi connectivity index (χ0) is 22.9. The first-order chi connectivity index (χ1) is 15.1. The summed E-state index contributed by atoms with van der Waals surface area (Å²) in [6.45, 7) is 5.95. The second-order valence-electron chi connectivity index (χ2n) is 9.50. The average Bonchev–Trinajstić information content (AvgIpc) is 3.35. The van der Waals surface area contributed by atoms with E-state index < -0.39 is 11.7 Å². The predicted octanol–water partition coefficient (Wildman–Crippen LogP) is 3.69. The fraction of sp³-hybridized carbons (Fsp3) is 0.522. The van der Waals surface area contributed by atoms with Crippen LogP contribution in [0.1, 0.15) is 38.7 Å². The SMILES string of the molecule is CC(C)(O)CCc1cc(F)ccc1Oc1cncnc1N1CCC2(CCN(C(=O)O)C2)C1. The van der Waals surface area contributed by atoms with Crippen molar-refractivity contribution in [1.82, 2.24) is 14.9 Å². The highest BCUT2D eigenvalue weighted by Gasteiger charge is 2.45. The fourth-order valence-corrected chi connectivity index (χ4v) is 4.57. The van der Waals surface area contributed by atoms with Gasteiger partial charge in [-0.2, -0.15) is 0 Å². The zero-order valence-corrected chi connectivity index (χ0v) is 18.4. The summed E-state index contributed by atoms with van der Waals surface area (Å²) < 4.78 is 20.1. The third kappa shape index (κ3) is 4.93. The van der Waals surface area contributed by atoms with Crippen molar-refractivity contribution < 1.29 is 24.1 Å². The first-order valence-electron chi connectivity index (χ1n) is 10.9. The molecular weight excluding hydrogens is 415 g/mol. The minimum Gasteiger partial charge on any atom is -0.465 e. The van der Waals surface area contributed by atoms with E-state index in [2.05, 4.69) is 14.9 Å². The van der Waals surface area contributed by atoms with E-state index in [4.69, 9.17) is 4.74 Å². The summed E-state index contributed by atoms with van der Waals surface area (Å²) in [5, 5.41) is 19.4. The Morgan fingerprint density at radius 2 is 2.03 bits per heavy atom.